The van der Waals surface area contributed by atoms with E-state index >= 15 is 0 Å². The van der Waals surface area contributed by atoms with Crippen LogP contribution >= 0.6 is 0 Å². The quantitative estimate of drug-likeness (QED) is 0.575. The van der Waals surface area contributed by atoms with Gasteiger partial charge < -0.3 is 18.8 Å². The van der Waals surface area contributed by atoms with Crippen LogP contribution in [0.15, 0.2) is 59.0 Å². The zero-order valence-electron chi connectivity index (χ0n) is 16.9. The number of hydrogen-bond donors (Lipinski definition) is 0. The SMILES string of the molecule is COc1cc2c(cc1OC)CN(C(=O)/C=C/c1ccc(-c3ccccc3F)o1)CC2. The molecule has 0 fully saturated rings. The number of halogens is 1. The Morgan fingerprint density at radius 2 is 1.80 bits per heavy atom. The van der Waals surface area contributed by atoms with E-state index in [-0.39, 0.29) is 11.7 Å². The van der Waals surface area contributed by atoms with Gasteiger partial charge in [-0.25, -0.2) is 4.39 Å². The third-order valence-electron chi connectivity index (χ3n) is 5.19. The number of ether oxygens (including phenoxy) is 2. The van der Waals surface area contributed by atoms with Crippen molar-refractivity contribution in [2.24, 2.45) is 0 Å². The lowest BCUT2D eigenvalue weighted by Gasteiger charge is -2.28. The van der Waals surface area contributed by atoms with E-state index in [0.29, 0.717) is 41.7 Å². The highest BCUT2D eigenvalue weighted by molar-refractivity contribution is 5.91. The molecular weight excluding hydrogens is 385 g/mol. The fourth-order valence-corrected chi connectivity index (χ4v) is 3.58. The molecule has 154 valence electrons. The maximum absolute atomic E-state index is 13.9. The summed E-state index contributed by atoms with van der Waals surface area (Å²) in [7, 11) is 3.21. The Labute approximate surface area is 174 Å². The van der Waals surface area contributed by atoms with E-state index in [1.54, 1.807) is 55.5 Å². The first-order valence-electron chi connectivity index (χ1n) is 9.64. The minimum atomic E-state index is -0.350. The smallest absolute Gasteiger partial charge is 0.246 e. The van der Waals surface area contributed by atoms with E-state index < -0.39 is 0 Å². The van der Waals surface area contributed by atoms with Crippen LogP contribution in [0.4, 0.5) is 4.39 Å². The average molecular weight is 407 g/mol. The molecular formula is C24H22FNO4. The van der Waals surface area contributed by atoms with Crippen LogP contribution in [0, 0.1) is 5.82 Å². The van der Waals surface area contributed by atoms with Crippen LogP contribution in [0.2, 0.25) is 0 Å². The molecule has 5 nitrogen and oxygen atoms in total. The summed E-state index contributed by atoms with van der Waals surface area (Å²) >= 11 is 0. The van der Waals surface area contributed by atoms with Gasteiger partial charge in [0.15, 0.2) is 11.5 Å². The van der Waals surface area contributed by atoms with Crippen molar-refractivity contribution in [3.63, 3.8) is 0 Å². The third-order valence-corrected chi connectivity index (χ3v) is 5.19. The Bertz CT molecular complexity index is 1100. The molecule has 0 spiro atoms. The molecule has 0 saturated heterocycles. The predicted octanol–water partition coefficient (Wildman–Crippen LogP) is 4.70. The standard InChI is InChI=1S/C24H22FNO4/c1-28-22-13-16-11-12-26(15-17(16)14-23(22)29-2)24(27)10-8-18-7-9-21(30-18)19-5-3-4-6-20(19)25/h3-10,13-14H,11-12,15H2,1-2H3/b10-8+. The van der Waals surface area contributed by atoms with Crippen molar-refractivity contribution in [2.45, 2.75) is 13.0 Å². The molecule has 1 amide bonds. The minimum Gasteiger partial charge on any atom is -0.493 e. The lowest BCUT2D eigenvalue weighted by atomic mass is 9.98. The first kappa shape index (κ1) is 19.8. The van der Waals surface area contributed by atoms with Gasteiger partial charge in [0, 0.05) is 19.2 Å². The summed E-state index contributed by atoms with van der Waals surface area (Å²) in [6, 6.07) is 13.7. The molecule has 1 aliphatic heterocycles. The molecule has 0 aliphatic carbocycles. The fraction of sp³-hybridized carbons (Fsp3) is 0.208. The Kier molecular flexibility index (Phi) is 5.57. The molecule has 4 rings (SSSR count). The summed E-state index contributed by atoms with van der Waals surface area (Å²) in [6.07, 6.45) is 3.83. The Balaban J connectivity index is 1.46. The molecule has 2 heterocycles. The van der Waals surface area contributed by atoms with Gasteiger partial charge in [0.25, 0.3) is 0 Å². The molecule has 1 aromatic heterocycles. The zero-order valence-corrected chi connectivity index (χ0v) is 16.9. The topological polar surface area (TPSA) is 51.9 Å². The second-order valence-corrected chi connectivity index (χ2v) is 7.00. The van der Waals surface area contributed by atoms with E-state index in [1.165, 1.54) is 12.1 Å². The maximum Gasteiger partial charge on any atom is 0.246 e. The summed E-state index contributed by atoms with van der Waals surface area (Å²) in [5, 5.41) is 0. The van der Waals surface area contributed by atoms with Gasteiger partial charge in [0.1, 0.15) is 17.3 Å². The maximum atomic E-state index is 13.9. The monoisotopic (exact) mass is 407 g/mol. The van der Waals surface area contributed by atoms with Gasteiger partial charge in [-0.3, -0.25) is 4.79 Å². The number of nitrogens with zero attached hydrogens (tertiary/aromatic N) is 1. The summed E-state index contributed by atoms with van der Waals surface area (Å²) in [6.45, 7) is 1.11. The van der Waals surface area contributed by atoms with Crippen LogP contribution < -0.4 is 9.47 Å². The van der Waals surface area contributed by atoms with Crippen molar-refractivity contribution in [1.29, 1.82) is 0 Å². The first-order chi connectivity index (χ1) is 14.6. The molecule has 3 aromatic rings. The third kappa shape index (κ3) is 3.94. The number of benzene rings is 2. The number of hydrogen-bond acceptors (Lipinski definition) is 4. The molecule has 0 saturated carbocycles. The highest BCUT2D eigenvalue weighted by atomic mass is 19.1. The normalized spacial score (nSPS) is 13.4. The Morgan fingerprint density at radius 3 is 2.53 bits per heavy atom. The van der Waals surface area contributed by atoms with Crippen molar-refractivity contribution in [1.82, 2.24) is 4.90 Å². The summed E-state index contributed by atoms with van der Waals surface area (Å²) < 4.78 is 30.3. The molecule has 0 atom stereocenters. The number of rotatable bonds is 5. The lowest BCUT2D eigenvalue weighted by molar-refractivity contribution is -0.126. The molecule has 30 heavy (non-hydrogen) atoms. The van der Waals surface area contributed by atoms with Gasteiger partial charge >= 0.3 is 0 Å². The van der Waals surface area contributed by atoms with Crippen molar-refractivity contribution in [3.05, 3.63) is 77.3 Å². The predicted molar refractivity (Wildman–Crippen MR) is 112 cm³/mol. The van der Waals surface area contributed by atoms with Gasteiger partial charge in [-0.05, 0) is 60.0 Å². The number of fused-ring (bicyclic) bond motifs is 1. The Hall–Kier alpha value is -3.54. The highest BCUT2D eigenvalue weighted by Crippen LogP contribution is 2.33. The van der Waals surface area contributed by atoms with Crippen molar-refractivity contribution < 1.29 is 23.1 Å². The van der Waals surface area contributed by atoms with Gasteiger partial charge in [-0.15, -0.1) is 0 Å². The average Bonchev–Trinajstić information content (AvgIpc) is 3.25. The number of amides is 1. The van der Waals surface area contributed by atoms with Gasteiger partial charge in [0.05, 0.1) is 19.8 Å². The van der Waals surface area contributed by atoms with Crippen LogP contribution in [0.1, 0.15) is 16.9 Å². The number of carbonyl (C=O) groups is 1. The zero-order chi connectivity index (χ0) is 21.1. The highest BCUT2D eigenvalue weighted by Gasteiger charge is 2.21. The van der Waals surface area contributed by atoms with Crippen LogP contribution in [-0.2, 0) is 17.8 Å². The lowest BCUT2D eigenvalue weighted by Crippen LogP contribution is -2.34. The summed E-state index contributed by atoms with van der Waals surface area (Å²) in [4.78, 5) is 14.4. The van der Waals surface area contributed by atoms with Crippen molar-refractivity contribution >= 4 is 12.0 Å². The van der Waals surface area contributed by atoms with E-state index in [0.717, 1.165) is 17.5 Å². The van der Waals surface area contributed by atoms with Gasteiger partial charge in [-0.1, -0.05) is 12.1 Å². The van der Waals surface area contributed by atoms with Gasteiger partial charge in [0.2, 0.25) is 5.91 Å². The number of methoxy groups -OCH3 is 2. The summed E-state index contributed by atoms with van der Waals surface area (Å²) in [5.74, 6) is 1.80. The second-order valence-electron chi connectivity index (χ2n) is 7.00. The molecule has 0 radical (unpaired) electrons. The second kappa shape index (κ2) is 8.45. The van der Waals surface area contributed by atoms with E-state index in [1.807, 2.05) is 12.1 Å². The van der Waals surface area contributed by atoms with Gasteiger partial charge in [-0.2, -0.15) is 0 Å². The summed E-state index contributed by atoms with van der Waals surface area (Å²) in [5.41, 5.74) is 2.59. The molecule has 2 aromatic carbocycles. The van der Waals surface area contributed by atoms with Crippen molar-refractivity contribution in [3.8, 4) is 22.8 Å². The number of furan rings is 1. The van der Waals surface area contributed by atoms with Crippen LogP contribution in [0.3, 0.4) is 0 Å². The molecule has 0 bridgehead atoms. The van der Waals surface area contributed by atoms with Crippen molar-refractivity contribution in [2.75, 3.05) is 20.8 Å². The van der Waals surface area contributed by atoms with Crippen LogP contribution in [-0.4, -0.2) is 31.6 Å². The molecule has 1 aliphatic rings. The molecule has 0 N–H and O–H groups in total. The van der Waals surface area contributed by atoms with E-state index in [2.05, 4.69) is 0 Å². The van der Waals surface area contributed by atoms with Crippen LogP contribution in [0.5, 0.6) is 11.5 Å². The van der Waals surface area contributed by atoms with Crippen LogP contribution in [0.25, 0.3) is 17.4 Å². The molecule has 6 heteroatoms. The van der Waals surface area contributed by atoms with E-state index in [9.17, 15) is 9.18 Å². The molecule has 0 unspecified atom stereocenters. The number of carbonyl (C=O) groups excluding carboxylic acids is 1. The minimum absolute atomic E-state index is 0.112. The Morgan fingerprint density at radius 1 is 1.07 bits per heavy atom. The largest absolute Gasteiger partial charge is 0.493 e. The first-order valence-corrected chi connectivity index (χ1v) is 9.64. The fourth-order valence-electron chi connectivity index (χ4n) is 3.58. The van der Waals surface area contributed by atoms with E-state index in [4.69, 9.17) is 13.9 Å².